The van der Waals surface area contributed by atoms with Crippen LogP contribution in [0, 0.1) is 0 Å². The Balaban J connectivity index is 1.53. The lowest BCUT2D eigenvalue weighted by Gasteiger charge is -2.15. The minimum atomic E-state index is -0.522. The van der Waals surface area contributed by atoms with E-state index in [1.807, 2.05) is 30.3 Å². The summed E-state index contributed by atoms with van der Waals surface area (Å²) in [4.78, 5) is 27.7. The quantitative estimate of drug-likeness (QED) is 0.448. The maximum Gasteiger partial charge on any atom is 0.253 e. The smallest absolute Gasteiger partial charge is 0.253 e. The predicted octanol–water partition coefficient (Wildman–Crippen LogP) is 1.79. The summed E-state index contributed by atoms with van der Waals surface area (Å²) >= 11 is 0. The van der Waals surface area contributed by atoms with E-state index in [1.165, 1.54) is 0 Å². The van der Waals surface area contributed by atoms with Crippen LogP contribution in [0.25, 0.3) is 0 Å². The molecule has 0 atom stereocenters. The van der Waals surface area contributed by atoms with Crippen LogP contribution in [0.1, 0.15) is 5.69 Å². The maximum atomic E-state index is 11.8. The number of nitrogens with zero attached hydrogens (tertiary/aromatic N) is 1. The molecule has 26 heavy (non-hydrogen) atoms. The summed E-state index contributed by atoms with van der Waals surface area (Å²) in [6.45, 7) is 1.07. The molecule has 0 saturated carbocycles. The third-order valence-corrected chi connectivity index (χ3v) is 3.81. The Labute approximate surface area is 150 Å². The van der Waals surface area contributed by atoms with Gasteiger partial charge < -0.3 is 20.1 Å². The molecule has 0 aliphatic rings. The molecule has 134 valence electrons. The molecule has 0 bridgehead atoms. The molecule has 1 aromatic heterocycles. The van der Waals surface area contributed by atoms with Crippen molar-refractivity contribution in [2.45, 2.75) is 6.54 Å². The number of benzene rings is 1. The number of hydrogen-bond acceptors (Lipinski definition) is 7. The van der Waals surface area contributed by atoms with Gasteiger partial charge in [0, 0.05) is 12.7 Å². The number of hydrogen-bond donors (Lipinski definition) is 2. The van der Waals surface area contributed by atoms with Gasteiger partial charge in [-0.3, -0.25) is 14.6 Å². The summed E-state index contributed by atoms with van der Waals surface area (Å²) in [5.41, 5.74) is 0.318. The highest BCUT2D eigenvalue weighted by atomic mass is 16.5. The van der Waals surface area contributed by atoms with Gasteiger partial charge in [0.15, 0.2) is 11.5 Å². The number of nitrogens with one attached hydrogen (secondary N) is 2. The normalized spacial score (nSPS) is 10.5. The SMILES string of the molecule is COc1ccccc1OCCNc1c(NCc2ccccn2)c(=O)c1=O. The second kappa shape index (κ2) is 8.15. The van der Waals surface area contributed by atoms with Crippen molar-refractivity contribution in [1.82, 2.24) is 4.98 Å². The molecule has 1 heterocycles. The Kier molecular flexibility index (Phi) is 5.48. The molecular formula is C19H19N3O4. The number of aromatic nitrogens is 1. The molecule has 7 heteroatoms. The van der Waals surface area contributed by atoms with Crippen molar-refractivity contribution in [3.63, 3.8) is 0 Å². The van der Waals surface area contributed by atoms with E-state index < -0.39 is 10.9 Å². The molecule has 0 fully saturated rings. The van der Waals surface area contributed by atoms with E-state index in [1.54, 1.807) is 25.4 Å². The molecule has 2 N–H and O–H groups in total. The lowest BCUT2D eigenvalue weighted by Crippen LogP contribution is -2.38. The Morgan fingerprint density at radius 1 is 0.923 bits per heavy atom. The van der Waals surface area contributed by atoms with Crippen LogP contribution in [-0.4, -0.2) is 25.2 Å². The summed E-state index contributed by atoms with van der Waals surface area (Å²) in [5, 5.41) is 5.92. The van der Waals surface area contributed by atoms with Crippen molar-refractivity contribution < 1.29 is 9.47 Å². The van der Waals surface area contributed by atoms with Crippen molar-refractivity contribution in [1.29, 1.82) is 0 Å². The largest absolute Gasteiger partial charge is 0.493 e. The fourth-order valence-electron chi connectivity index (χ4n) is 2.49. The molecular weight excluding hydrogens is 334 g/mol. The first-order valence-electron chi connectivity index (χ1n) is 8.17. The predicted molar refractivity (Wildman–Crippen MR) is 99.9 cm³/mol. The fourth-order valence-corrected chi connectivity index (χ4v) is 2.49. The van der Waals surface area contributed by atoms with Gasteiger partial charge in [-0.1, -0.05) is 18.2 Å². The minimum Gasteiger partial charge on any atom is -0.493 e. The van der Waals surface area contributed by atoms with Crippen LogP contribution in [-0.2, 0) is 6.54 Å². The molecule has 0 amide bonds. The van der Waals surface area contributed by atoms with Crippen molar-refractivity contribution >= 4 is 11.4 Å². The van der Waals surface area contributed by atoms with Gasteiger partial charge in [-0.15, -0.1) is 0 Å². The van der Waals surface area contributed by atoms with Crippen LogP contribution in [0.5, 0.6) is 11.5 Å². The Bertz CT molecular complexity index is 934. The zero-order valence-corrected chi connectivity index (χ0v) is 14.3. The Hall–Kier alpha value is -3.35. The molecule has 0 saturated heterocycles. The van der Waals surface area contributed by atoms with Gasteiger partial charge in [-0.05, 0) is 24.3 Å². The first-order chi connectivity index (χ1) is 12.7. The van der Waals surface area contributed by atoms with E-state index >= 15 is 0 Å². The van der Waals surface area contributed by atoms with Crippen molar-refractivity contribution in [3.05, 3.63) is 74.8 Å². The van der Waals surface area contributed by atoms with Crippen molar-refractivity contribution in [2.75, 3.05) is 30.9 Å². The van der Waals surface area contributed by atoms with Gasteiger partial charge >= 0.3 is 0 Å². The average molecular weight is 353 g/mol. The number of anilines is 2. The summed E-state index contributed by atoms with van der Waals surface area (Å²) in [5.74, 6) is 1.26. The molecule has 2 aromatic carbocycles. The zero-order valence-electron chi connectivity index (χ0n) is 14.3. The molecule has 3 aromatic rings. The van der Waals surface area contributed by atoms with Crippen LogP contribution in [0.15, 0.2) is 58.3 Å². The first kappa shape index (κ1) is 17.5. The van der Waals surface area contributed by atoms with E-state index in [0.717, 1.165) is 5.69 Å². The topological polar surface area (TPSA) is 89.6 Å². The third-order valence-electron chi connectivity index (χ3n) is 3.81. The van der Waals surface area contributed by atoms with Gasteiger partial charge in [0.2, 0.25) is 0 Å². The maximum absolute atomic E-state index is 11.8. The zero-order chi connectivity index (χ0) is 18.4. The standard InChI is InChI=1S/C19H19N3O4/c1-25-14-7-2-3-8-15(14)26-11-10-21-16-17(19(24)18(16)23)22-12-13-6-4-5-9-20-13/h2-9,21-22H,10-12H2,1H3. The first-order valence-corrected chi connectivity index (χ1v) is 8.17. The second-order valence-corrected chi connectivity index (χ2v) is 5.51. The summed E-state index contributed by atoms with van der Waals surface area (Å²) in [6, 6.07) is 12.8. The molecule has 0 radical (unpaired) electrons. The lowest BCUT2D eigenvalue weighted by atomic mass is 10.2. The highest BCUT2D eigenvalue weighted by Crippen LogP contribution is 2.25. The van der Waals surface area contributed by atoms with E-state index in [2.05, 4.69) is 15.6 Å². The van der Waals surface area contributed by atoms with Gasteiger partial charge in [0.1, 0.15) is 18.0 Å². The van der Waals surface area contributed by atoms with Crippen molar-refractivity contribution in [2.24, 2.45) is 0 Å². The van der Waals surface area contributed by atoms with E-state index in [-0.39, 0.29) is 11.4 Å². The van der Waals surface area contributed by atoms with Gasteiger partial charge in [-0.2, -0.15) is 0 Å². The number of pyridine rings is 1. The van der Waals surface area contributed by atoms with Crippen LogP contribution in [0.2, 0.25) is 0 Å². The molecule has 0 aliphatic heterocycles. The van der Waals surface area contributed by atoms with Crippen LogP contribution < -0.4 is 31.0 Å². The highest BCUT2D eigenvalue weighted by Gasteiger charge is 2.20. The monoisotopic (exact) mass is 353 g/mol. The highest BCUT2D eigenvalue weighted by molar-refractivity contribution is 5.73. The second-order valence-electron chi connectivity index (χ2n) is 5.51. The van der Waals surface area contributed by atoms with Crippen molar-refractivity contribution in [3.8, 4) is 11.5 Å². The summed E-state index contributed by atoms with van der Waals surface area (Å²) < 4.78 is 10.8. The van der Waals surface area contributed by atoms with Gasteiger partial charge in [-0.25, -0.2) is 0 Å². The Morgan fingerprint density at radius 2 is 1.62 bits per heavy atom. The lowest BCUT2D eigenvalue weighted by molar-refractivity contribution is 0.306. The van der Waals surface area contributed by atoms with Crippen LogP contribution in [0.3, 0.4) is 0 Å². The number of rotatable bonds is 9. The fraction of sp³-hybridized carbons (Fsp3) is 0.211. The molecule has 0 aliphatic carbocycles. The molecule has 0 spiro atoms. The average Bonchev–Trinajstić information content (AvgIpc) is 2.70. The summed E-state index contributed by atoms with van der Waals surface area (Å²) in [6.07, 6.45) is 1.67. The van der Waals surface area contributed by atoms with E-state index in [4.69, 9.17) is 9.47 Å². The molecule has 7 nitrogen and oxygen atoms in total. The van der Waals surface area contributed by atoms with E-state index in [9.17, 15) is 9.59 Å². The van der Waals surface area contributed by atoms with E-state index in [0.29, 0.717) is 31.2 Å². The Morgan fingerprint density at radius 3 is 2.31 bits per heavy atom. The minimum absolute atomic E-state index is 0.287. The molecule has 0 unspecified atom stereocenters. The number of para-hydroxylation sites is 2. The number of methoxy groups -OCH3 is 1. The van der Waals surface area contributed by atoms with Gasteiger partial charge in [0.05, 0.1) is 19.3 Å². The van der Waals surface area contributed by atoms with Gasteiger partial charge in [0.25, 0.3) is 10.9 Å². The number of ether oxygens (including phenoxy) is 2. The molecule has 3 rings (SSSR count). The van der Waals surface area contributed by atoms with Crippen LogP contribution >= 0.6 is 0 Å². The van der Waals surface area contributed by atoms with Crippen LogP contribution in [0.4, 0.5) is 11.4 Å². The third kappa shape index (κ3) is 3.83. The summed E-state index contributed by atoms with van der Waals surface area (Å²) in [7, 11) is 1.57.